The van der Waals surface area contributed by atoms with Crippen LogP contribution in [0.4, 0.5) is 16.4 Å². The van der Waals surface area contributed by atoms with Crippen molar-refractivity contribution in [3.05, 3.63) is 41.0 Å². The highest BCUT2D eigenvalue weighted by atomic mass is 16.6. The van der Waals surface area contributed by atoms with E-state index < -0.39 is 6.09 Å². The number of ether oxygens (including phenoxy) is 3. The SMILES string of the molecule is CN1CCCC1COc1ccc2c(c1C#N)CC(CNCCC1CN(c3ccc4c(n3)NC(=O)CO4)C(=O)O1)C2. The van der Waals surface area contributed by atoms with E-state index in [1.807, 2.05) is 6.07 Å². The molecular weight excluding hydrogens is 512 g/mol. The molecule has 3 aliphatic heterocycles. The molecule has 2 aromatic rings. The number of hydrogen-bond donors (Lipinski definition) is 2. The second-order valence-electron chi connectivity index (χ2n) is 11.0. The number of nitrogens with one attached hydrogen (secondary N) is 2. The minimum Gasteiger partial charge on any atom is -0.491 e. The summed E-state index contributed by atoms with van der Waals surface area (Å²) in [6.07, 6.45) is 4.07. The largest absolute Gasteiger partial charge is 0.491 e. The fraction of sp³-hybridized carbons (Fsp3) is 0.517. The third-order valence-corrected chi connectivity index (χ3v) is 8.27. The first-order chi connectivity index (χ1) is 19.5. The van der Waals surface area contributed by atoms with Crippen LogP contribution in [0.15, 0.2) is 24.3 Å². The zero-order chi connectivity index (χ0) is 27.6. The van der Waals surface area contributed by atoms with Gasteiger partial charge in [0.1, 0.15) is 30.3 Å². The minimum atomic E-state index is -0.451. The van der Waals surface area contributed by atoms with E-state index in [0.29, 0.717) is 66.8 Å². The number of anilines is 2. The molecule has 2 saturated heterocycles. The topological polar surface area (TPSA) is 129 Å². The summed E-state index contributed by atoms with van der Waals surface area (Å²) in [5, 5.41) is 16.1. The Morgan fingerprint density at radius 1 is 1.25 bits per heavy atom. The second-order valence-corrected chi connectivity index (χ2v) is 11.0. The highest BCUT2D eigenvalue weighted by Crippen LogP contribution is 2.35. The van der Waals surface area contributed by atoms with Gasteiger partial charge < -0.3 is 29.7 Å². The molecule has 1 aromatic heterocycles. The van der Waals surface area contributed by atoms with Gasteiger partial charge in [-0.05, 0) is 94.0 Å². The van der Waals surface area contributed by atoms with Crippen molar-refractivity contribution in [3.63, 3.8) is 0 Å². The molecule has 210 valence electrons. The van der Waals surface area contributed by atoms with E-state index in [4.69, 9.17) is 14.2 Å². The normalized spacial score (nSPS) is 23.7. The highest BCUT2D eigenvalue weighted by Gasteiger charge is 2.34. The molecule has 0 bridgehead atoms. The number of carbonyl (C=O) groups excluding carboxylic acids is 2. The predicted octanol–water partition coefficient (Wildman–Crippen LogP) is 2.48. The average molecular weight is 547 g/mol. The van der Waals surface area contributed by atoms with Crippen molar-refractivity contribution in [3.8, 4) is 17.6 Å². The van der Waals surface area contributed by atoms with Crippen LogP contribution in [0.3, 0.4) is 0 Å². The Kier molecular flexibility index (Phi) is 7.45. The van der Waals surface area contributed by atoms with Gasteiger partial charge in [-0.25, -0.2) is 9.78 Å². The Balaban J connectivity index is 0.972. The molecule has 11 heteroatoms. The fourth-order valence-electron chi connectivity index (χ4n) is 6.06. The number of pyridine rings is 1. The zero-order valence-corrected chi connectivity index (χ0v) is 22.6. The second kappa shape index (κ2) is 11.3. The standard InChI is InChI=1S/C29H34N6O5/c1-34-10-2-3-20(34)16-38-24-5-4-19-11-18(12-22(19)23(24)13-30)14-31-9-8-21-15-35(29(37)40-21)26-7-6-25-28(32-26)33-27(36)17-39-25/h4-7,18,20-21,31H,2-3,8-12,14-17H2,1H3,(H,32,33,36). The Hall–Kier alpha value is -3.88. The number of benzene rings is 1. The first-order valence-electron chi connectivity index (χ1n) is 14.0. The summed E-state index contributed by atoms with van der Waals surface area (Å²) in [5.41, 5.74) is 3.03. The number of amides is 2. The lowest BCUT2D eigenvalue weighted by Gasteiger charge is -2.20. The Bertz CT molecular complexity index is 1340. The molecule has 2 amide bonds. The molecule has 0 saturated carbocycles. The van der Waals surface area contributed by atoms with Crippen LogP contribution >= 0.6 is 0 Å². The van der Waals surface area contributed by atoms with Crippen LogP contribution in [0.5, 0.6) is 11.5 Å². The number of rotatable bonds is 9. The van der Waals surface area contributed by atoms with Crippen LogP contribution < -0.4 is 25.0 Å². The monoisotopic (exact) mass is 546 g/mol. The third-order valence-electron chi connectivity index (χ3n) is 8.27. The summed E-state index contributed by atoms with van der Waals surface area (Å²) in [7, 11) is 2.13. The summed E-state index contributed by atoms with van der Waals surface area (Å²) >= 11 is 0. The van der Waals surface area contributed by atoms with Gasteiger partial charge in [0, 0.05) is 6.04 Å². The lowest BCUT2D eigenvalue weighted by atomic mass is 10.0. The quantitative estimate of drug-likeness (QED) is 0.456. The van der Waals surface area contributed by atoms with E-state index in [1.165, 1.54) is 16.9 Å². The van der Waals surface area contributed by atoms with Crippen LogP contribution in [-0.4, -0.2) is 80.5 Å². The van der Waals surface area contributed by atoms with Crippen LogP contribution in [0.25, 0.3) is 0 Å². The lowest BCUT2D eigenvalue weighted by molar-refractivity contribution is -0.118. The Labute approximate surface area is 233 Å². The molecule has 1 aromatic carbocycles. The van der Waals surface area contributed by atoms with Crippen molar-refractivity contribution >= 4 is 23.6 Å². The molecule has 0 spiro atoms. The van der Waals surface area contributed by atoms with Gasteiger partial charge in [-0.3, -0.25) is 9.69 Å². The summed E-state index contributed by atoms with van der Waals surface area (Å²) in [6, 6.07) is 10.3. The first-order valence-corrected chi connectivity index (χ1v) is 14.0. The maximum Gasteiger partial charge on any atom is 0.415 e. The van der Waals surface area contributed by atoms with Gasteiger partial charge in [0.2, 0.25) is 0 Å². The Morgan fingerprint density at radius 2 is 2.15 bits per heavy atom. The molecule has 2 N–H and O–H groups in total. The average Bonchev–Trinajstić information content (AvgIpc) is 3.66. The first kappa shape index (κ1) is 26.3. The van der Waals surface area contributed by atoms with E-state index in [-0.39, 0.29) is 18.6 Å². The van der Waals surface area contributed by atoms with Gasteiger partial charge in [0.15, 0.2) is 18.2 Å². The molecular formula is C29H34N6O5. The summed E-state index contributed by atoms with van der Waals surface area (Å²) in [6.45, 7) is 3.58. The van der Waals surface area contributed by atoms with Crippen molar-refractivity contribution in [2.75, 3.05) is 56.7 Å². The molecule has 6 rings (SSSR count). The summed E-state index contributed by atoms with van der Waals surface area (Å²) < 4.78 is 17.0. The van der Waals surface area contributed by atoms with Crippen molar-refractivity contribution in [1.82, 2.24) is 15.2 Å². The summed E-state index contributed by atoms with van der Waals surface area (Å²) in [4.78, 5) is 32.3. The number of likely N-dealkylation sites (N-methyl/N-ethyl adjacent to an activating group) is 1. The molecule has 3 unspecified atom stereocenters. The Morgan fingerprint density at radius 3 is 2.98 bits per heavy atom. The van der Waals surface area contributed by atoms with Crippen LogP contribution in [0.2, 0.25) is 0 Å². The van der Waals surface area contributed by atoms with Crippen molar-refractivity contribution in [2.24, 2.45) is 5.92 Å². The van der Waals surface area contributed by atoms with E-state index in [9.17, 15) is 14.9 Å². The van der Waals surface area contributed by atoms with Crippen LogP contribution in [-0.2, 0) is 22.4 Å². The van der Waals surface area contributed by atoms with Crippen LogP contribution in [0.1, 0.15) is 36.0 Å². The smallest absolute Gasteiger partial charge is 0.415 e. The molecule has 4 aliphatic rings. The molecule has 1 aliphatic carbocycles. The zero-order valence-electron chi connectivity index (χ0n) is 22.6. The minimum absolute atomic E-state index is 0.0465. The maximum atomic E-state index is 12.5. The van der Waals surface area contributed by atoms with Gasteiger partial charge in [-0.1, -0.05) is 6.07 Å². The third kappa shape index (κ3) is 5.42. The number of hydrogen-bond acceptors (Lipinski definition) is 9. The lowest BCUT2D eigenvalue weighted by Crippen LogP contribution is -2.30. The van der Waals surface area contributed by atoms with E-state index in [1.54, 1.807) is 12.1 Å². The highest BCUT2D eigenvalue weighted by molar-refractivity contribution is 5.95. The van der Waals surface area contributed by atoms with Crippen LogP contribution in [0, 0.1) is 17.2 Å². The van der Waals surface area contributed by atoms with Gasteiger partial charge in [0.25, 0.3) is 5.91 Å². The number of likely N-dealkylation sites (tertiary alicyclic amines) is 1. The van der Waals surface area contributed by atoms with E-state index in [0.717, 1.165) is 37.9 Å². The fourth-order valence-corrected chi connectivity index (χ4v) is 6.06. The maximum absolute atomic E-state index is 12.5. The number of nitrogens with zero attached hydrogens (tertiary/aromatic N) is 4. The van der Waals surface area contributed by atoms with Gasteiger partial charge >= 0.3 is 6.09 Å². The van der Waals surface area contributed by atoms with Crippen molar-refractivity contribution < 1.29 is 23.8 Å². The van der Waals surface area contributed by atoms with E-state index in [2.05, 4.69) is 39.7 Å². The van der Waals surface area contributed by atoms with Crippen molar-refractivity contribution in [1.29, 1.82) is 5.26 Å². The van der Waals surface area contributed by atoms with E-state index >= 15 is 0 Å². The number of nitriles is 1. The predicted molar refractivity (Wildman–Crippen MR) is 147 cm³/mol. The van der Waals surface area contributed by atoms with Gasteiger partial charge in [-0.2, -0.15) is 5.26 Å². The summed E-state index contributed by atoms with van der Waals surface area (Å²) in [5.74, 6) is 2.03. The van der Waals surface area contributed by atoms with Gasteiger partial charge in [0.05, 0.1) is 12.1 Å². The number of carbonyl (C=O) groups is 2. The molecule has 2 fully saturated rings. The van der Waals surface area contributed by atoms with Crippen molar-refractivity contribution in [2.45, 2.75) is 44.2 Å². The molecule has 11 nitrogen and oxygen atoms in total. The number of fused-ring (bicyclic) bond motifs is 2. The van der Waals surface area contributed by atoms with Gasteiger partial charge in [-0.15, -0.1) is 0 Å². The number of aromatic nitrogens is 1. The number of cyclic esters (lactones) is 1. The molecule has 40 heavy (non-hydrogen) atoms. The molecule has 0 radical (unpaired) electrons. The molecule has 3 atom stereocenters. The molecule has 4 heterocycles.